The van der Waals surface area contributed by atoms with Gasteiger partial charge in [-0.1, -0.05) is 12.1 Å². The summed E-state index contributed by atoms with van der Waals surface area (Å²) in [5, 5.41) is 5.15. The van der Waals surface area contributed by atoms with Crippen molar-refractivity contribution in [1.82, 2.24) is 24.6 Å². The van der Waals surface area contributed by atoms with Gasteiger partial charge in [-0.2, -0.15) is 5.10 Å². The number of aromatic nitrogens is 4. The largest absolute Gasteiger partial charge is 0.368 e. The molecule has 1 aliphatic heterocycles. The van der Waals surface area contributed by atoms with Crippen LogP contribution >= 0.6 is 0 Å². The maximum atomic E-state index is 13.2. The van der Waals surface area contributed by atoms with Crippen LogP contribution in [0.25, 0.3) is 11.0 Å². The first-order chi connectivity index (χ1) is 13.0. The molecule has 2 aromatic heterocycles. The van der Waals surface area contributed by atoms with Crippen LogP contribution in [0.5, 0.6) is 0 Å². The molecule has 9 heteroatoms. The zero-order chi connectivity index (χ0) is 19.0. The number of halogens is 1. The highest BCUT2D eigenvalue weighted by Crippen LogP contribution is 2.26. The Bertz CT molecular complexity index is 964. The van der Waals surface area contributed by atoms with Crippen LogP contribution in [0.1, 0.15) is 11.6 Å². The molecule has 1 fully saturated rings. The van der Waals surface area contributed by atoms with Crippen LogP contribution in [0.4, 0.5) is 10.2 Å². The number of amides is 1. The number of anilines is 1. The smallest absolute Gasteiger partial charge is 0.239 e. The predicted octanol–water partition coefficient (Wildman–Crippen LogP) is 0.851. The Hall–Kier alpha value is -3.07. The van der Waals surface area contributed by atoms with E-state index in [9.17, 15) is 9.18 Å². The van der Waals surface area contributed by atoms with Crippen molar-refractivity contribution in [3.05, 3.63) is 48.2 Å². The third kappa shape index (κ3) is 3.21. The number of carbonyl (C=O) groups is 1. The number of piperazine rings is 1. The van der Waals surface area contributed by atoms with E-state index < -0.39 is 11.9 Å². The van der Waals surface area contributed by atoms with Gasteiger partial charge in [0.2, 0.25) is 5.91 Å². The Morgan fingerprint density at radius 2 is 1.85 bits per heavy atom. The van der Waals surface area contributed by atoms with E-state index in [0.717, 1.165) is 16.9 Å². The van der Waals surface area contributed by atoms with Crippen molar-refractivity contribution < 1.29 is 9.18 Å². The molecule has 1 saturated heterocycles. The van der Waals surface area contributed by atoms with Crippen molar-refractivity contribution in [2.75, 3.05) is 31.1 Å². The van der Waals surface area contributed by atoms with E-state index in [0.29, 0.717) is 31.7 Å². The minimum atomic E-state index is -0.573. The number of aryl methyl sites for hydroxylation is 1. The van der Waals surface area contributed by atoms with Crippen molar-refractivity contribution in [2.24, 2.45) is 12.8 Å². The van der Waals surface area contributed by atoms with Gasteiger partial charge < -0.3 is 10.6 Å². The topological polar surface area (TPSA) is 93.2 Å². The fourth-order valence-electron chi connectivity index (χ4n) is 3.59. The molecular weight excluding hydrogens is 349 g/mol. The number of primary amides is 1. The van der Waals surface area contributed by atoms with Crippen LogP contribution in [0.3, 0.4) is 0 Å². The minimum Gasteiger partial charge on any atom is -0.368 e. The van der Waals surface area contributed by atoms with Gasteiger partial charge in [-0.3, -0.25) is 14.4 Å². The van der Waals surface area contributed by atoms with E-state index in [4.69, 9.17) is 5.73 Å². The molecule has 1 atom stereocenters. The number of hydrogen-bond donors (Lipinski definition) is 1. The SMILES string of the molecule is Cn1ncc2c(N3CCN([C@@H](C(N)=O)c4ccc(F)cc4)CC3)ncnc21. The number of rotatable bonds is 4. The summed E-state index contributed by atoms with van der Waals surface area (Å²) in [6, 6.07) is 5.35. The summed E-state index contributed by atoms with van der Waals surface area (Å²) in [7, 11) is 1.84. The van der Waals surface area contributed by atoms with E-state index in [1.54, 1.807) is 23.0 Å². The van der Waals surface area contributed by atoms with Gasteiger partial charge >= 0.3 is 0 Å². The van der Waals surface area contributed by atoms with Gasteiger partial charge in [-0.15, -0.1) is 0 Å². The third-order valence-corrected chi connectivity index (χ3v) is 4.94. The summed E-state index contributed by atoms with van der Waals surface area (Å²) >= 11 is 0. The Labute approximate surface area is 155 Å². The van der Waals surface area contributed by atoms with Crippen molar-refractivity contribution in [2.45, 2.75) is 6.04 Å². The summed E-state index contributed by atoms with van der Waals surface area (Å²) in [5.41, 5.74) is 7.13. The van der Waals surface area contributed by atoms with Crippen LogP contribution < -0.4 is 10.6 Å². The molecule has 1 aromatic carbocycles. The molecule has 4 rings (SSSR count). The number of fused-ring (bicyclic) bond motifs is 1. The van der Waals surface area contributed by atoms with Crippen molar-refractivity contribution >= 4 is 22.8 Å². The first-order valence-corrected chi connectivity index (χ1v) is 8.71. The summed E-state index contributed by atoms with van der Waals surface area (Å²) in [5.74, 6) is 0.0629. The zero-order valence-electron chi connectivity index (χ0n) is 14.9. The summed E-state index contributed by atoms with van der Waals surface area (Å²) in [6.07, 6.45) is 3.30. The predicted molar refractivity (Wildman–Crippen MR) is 98.4 cm³/mol. The van der Waals surface area contributed by atoms with Gasteiger partial charge in [0.1, 0.15) is 24.0 Å². The lowest BCUT2D eigenvalue weighted by Gasteiger charge is -2.38. The molecule has 1 amide bonds. The number of nitrogens with zero attached hydrogens (tertiary/aromatic N) is 6. The Balaban J connectivity index is 1.53. The van der Waals surface area contributed by atoms with Gasteiger partial charge in [-0.25, -0.2) is 14.4 Å². The lowest BCUT2D eigenvalue weighted by molar-refractivity contribution is -0.123. The van der Waals surface area contributed by atoms with Gasteiger partial charge in [0, 0.05) is 33.2 Å². The first kappa shape index (κ1) is 17.3. The maximum absolute atomic E-state index is 13.2. The molecule has 3 aromatic rings. The molecular formula is C18H20FN7O. The van der Waals surface area contributed by atoms with E-state index in [1.807, 2.05) is 11.9 Å². The van der Waals surface area contributed by atoms with Gasteiger partial charge in [0.05, 0.1) is 11.6 Å². The first-order valence-electron chi connectivity index (χ1n) is 8.71. The van der Waals surface area contributed by atoms with Gasteiger partial charge in [0.15, 0.2) is 5.65 Å². The maximum Gasteiger partial charge on any atom is 0.239 e. The molecule has 0 unspecified atom stereocenters. The Kier molecular flexibility index (Phi) is 4.44. The average molecular weight is 369 g/mol. The highest BCUT2D eigenvalue weighted by atomic mass is 19.1. The fourth-order valence-corrected chi connectivity index (χ4v) is 3.59. The van der Waals surface area contributed by atoms with E-state index in [2.05, 4.69) is 20.0 Å². The van der Waals surface area contributed by atoms with Gasteiger partial charge in [0.25, 0.3) is 0 Å². The normalized spacial score (nSPS) is 16.6. The van der Waals surface area contributed by atoms with Gasteiger partial charge in [-0.05, 0) is 17.7 Å². The number of hydrogen-bond acceptors (Lipinski definition) is 6. The fraction of sp³-hybridized carbons (Fsp3) is 0.333. The minimum absolute atomic E-state index is 0.337. The third-order valence-electron chi connectivity index (χ3n) is 4.94. The molecule has 0 aliphatic carbocycles. The second-order valence-electron chi connectivity index (χ2n) is 6.58. The van der Waals surface area contributed by atoms with Crippen molar-refractivity contribution in [3.8, 4) is 0 Å². The highest BCUT2D eigenvalue weighted by molar-refractivity contribution is 5.86. The molecule has 8 nitrogen and oxygen atoms in total. The lowest BCUT2D eigenvalue weighted by Crippen LogP contribution is -2.50. The average Bonchev–Trinajstić information content (AvgIpc) is 3.05. The van der Waals surface area contributed by atoms with Crippen LogP contribution in [0.15, 0.2) is 36.8 Å². The quantitative estimate of drug-likeness (QED) is 0.733. The van der Waals surface area contributed by atoms with Crippen LogP contribution in [-0.4, -0.2) is 56.7 Å². The summed E-state index contributed by atoms with van der Waals surface area (Å²) in [4.78, 5) is 24.9. The molecule has 3 heterocycles. The zero-order valence-corrected chi connectivity index (χ0v) is 14.9. The second kappa shape index (κ2) is 6.92. The number of nitrogens with two attached hydrogens (primary N) is 1. The Morgan fingerprint density at radius 1 is 1.15 bits per heavy atom. The standard InChI is InChI=1S/C18H20FN7O/c1-24-17-14(10-23-24)18(22-11-21-17)26-8-6-25(7-9-26)15(16(20)27)12-2-4-13(19)5-3-12/h2-5,10-11,15H,6-9H2,1H3,(H2,20,27)/t15-/m1/s1. The molecule has 27 heavy (non-hydrogen) atoms. The molecule has 2 N–H and O–H groups in total. The highest BCUT2D eigenvalue weighted by Gasteiger charge is 2.30. The molecule has 0 radical (unpaired) electrons. The second-order valence-corrected chi connectivity index (χ2v) is 6.58. The molecule has 1 aliphatic rings. The molecule has 140 valence electrons. The molecule has 0 saturated carbocycles. The summed E-state index contributed by atoms with van der Waals surface area (Å²) in [6.45, 7) is 2.64. The van der Waals surface area contributed by atoms with Crippen LogP contribution in [0, 0.1) is 5.82 Å². The molecule has 0 spiro atoms. The monoisotopic (exact) mass is 369 g/mol. The van der Waals surface area contributed by atoms with E-state index >= 15 is 0 Å². The molecule has 0 bridgehead atoms. The van der Waals surface area contributed by atoms with Crippen molar-refractivity contribution in [1.29, 1.82) is 0 Å². The van der Waals surface area contributed by atoms with Crippen molar-refractivity contribution in [3.63, 3.8) is 0 Å². The van der Waals surface area contributed by atoms with Crippen LogP contribution in [-0.2, 0) is 11.8 Å². The lowest BCUT2D eigenvalue weighted by atomic mass is 10.0. The van der Waals surface area contributed by atoms with E-state index in [1.165, 1.54) is 18.5 Å². The number of benzene rings is 1. The Morgan fingerprint density at radius 3 is 2.52 bits per heavy atom. The van der Waals surface area contributed by atoms with Crippen LogP contribution in [0.2, 0.25) is 0 Å². The number of carbonyl (C=O) groups excluding carboxylic acids is 1. The van der Waals surface area contributed by atoms with E-state index in [-0.39, 0.29) is 5.82 Å². The summed E-state index contributed by atoms with van der Waals surface area (Å²) < 4.78 is 14.9.